The second-order valence-corrected chi connectivity index (χ2v) is 14.7. The summed E-state index contributed by atoms with van der Waals surface area (Å²) in [6.45, 7) is 15.1. The van der Waals surface area contributed by atoms with Crippen LogP contribution in [0.15, 0.2) is 11.1 Å². The molecule has 2 aliphatic carbocycles. The van der Waals surface area contributed by atoms with Crippen LogP contribution in [0, 0.1) is 11.3 Å². The molecule has 2 rings (SSSR count). The Morgan fingerprint density at radius 2 is 1.96 bits per heavy atom. The largest absolute Gasteiger partial charge is 0.389 e. The van der Waals surface area contributed by atoms with Crippen molar-refractivity contribution in [3.63, 3.8) is 0 Å². The van der Waals surface area contributed by atoms with Gasteiger partial charge in [-0.25, -0.2) is 0 Å². The fourth-order valence-electron chi connectivity index (χ4n) is 4.22. The van der Waals surface area contributed by atoms with E-state index in [0.717, 1.165) is 32.3 Å². The molecule has 0 saturated heterocycles. The first-order valence-electron chi connectivity index (χ1n) is 9.26. The Morgan fingerprint density at radius 1 is 1.26 bits per heavy atom. The van der Waals surface area contributed by atoms with Gasteiger partial charge in [0.05, 0.1) is 12.2 Å². The highest BCUT2D eigenvalue weighted by Gasteiger charge is 2.48. The van der Waals surface area contributed by atoms with Crippen LogP contribution in [0.5, 0.6) is 0 Å². The van der Waals surface area contributed by atoms with Gasteiger partial charge in [-0.2, -0.15) is 0 Å². The summed E-state index contributed by atoms with van der Waals surface area (Å²) < 4.78 is 11.9. The zero-order valence-electron chi connectivity index (χ0n) is 15.9. The molecule has 0 heterocycles. The zero-order valence-corrected chi connectivity index (χ0v) is 16.9. The third-order valence-corrected chi connectivity index (χ3v) is 7.38. The molecule has 1 N–H and O–H groups in total. The molecular formula is C19H36O3Si. The first-order chi connectivity index (χ1) is 10.6. The number of ether oxygens (including phenoxy) is 2. The maximum Gasteiger partial charge on any atom is 0.147 e. The van der Waals surface area contributed by atoms with Crippen LogP contribution in [0.1, 0.15) is 46.5 Å². The van der Waals surface area contributed by atoms with Crippen LogP contribution in [0.3, 0.4) is 0 Å². The summed E-state index contributed by atoms with van der Waals surface area (Å²) in [6.07, 6.45) is 4.02. The van der Waals surface area contributed by atoms with Crippen LogP contribution >= 0.6 is 0 Å². The van der Waals surface area contributed by atoms with E-state index in [-0.39, 0.29) is 17.6 Å². The van der Waals surface area contributed by atoms with Crippen LogP contribution in [-0.2, 0) is 9.47 Å². The Kier molecular flexibility index (Phi) is 6.15. The minimum Gasteiger partial charge on any atom is -0.389 e. The van der Waals surface area contributed by atoms with Gasteiger partial charge in [-0.3, -0.25) is 0 Å². The van der Waals surface area contributed by atoms with E-state index in [2.05, 4.69) is 40.4 Å². The van der Waals surface area contributed by atoms with Gasteiger partial charge in [0.1, 0.15) is 6.79 Å². The Balaban J connectivity index is 1.93. The third kappa shape index (κ3) is 4.47. The smallest absolute Gasteiger partial charge is 0.147 e. The molecule has 4 heteroatoms. The van der Waals surface area contributed by atoms with Crippen molar-refractivity contribution < 1.29 is 14.6 Å². The molecule has 134 valence electrons. The van der Waals surface area contributed by atoms with E-state index in [0.29, 0.717) is 12.7 Å². The summed E-state index contributed by atoms with van der Waals surface area (Å²) in [5, 5.41) is 10.4. The van der Waals surface area contributed by atoms with Crippen molar-refractivity contribution in [3.05, 3.63) is 11.1 Å². The number of rotatable bonds is 7. The molecule has 3 atom stereocenters. The molecule has 0 spiro atoms. The van der Waals surface area contributed by atoms with Gasteiger partial charge in [-0.15, -0.1) is 0 Å². The SMILES string of the molecule is CC(C)C1=C2CC[C@H](OCOCC[Si](C)(C)C)[C@@]2(C)CC[C@@H]1O. The Hall–Kier alpha value is -0.163. The molecule has 0 radical (unpaired) electrons. The summed E-state index contributed by atoms with van der Waals surface area (Å²) in [6, 6.07) is 1.19. The Bertz CT molecular complexity index is 438. The second-order valence-electron chi connectivity index (χ2n) is 9.09. The van der Waals surface area contributed by atoms with Crippen LogP contribution in [0.4, 0.5) is 0 Å². The minimum absolute atomic E-state index is 0.0982. The van der Waals surface area contributed by atoms with Gasteiger partial charge in [0, 0.05) is 20.1 Å². The predicted octanol–water partition coefficient (Wildman–Crippen LogP) is 4.59. The molecule has 23 heavy (non-hydrogen) atoms. The molecule has 1 fully saturated rings. The molecule has 2 aliphatic rings. The van der Waals surface area contributed by atoms with Crippen LogP contribution in [0.25, 0.3) is 0 Å². The van der Waals surface area contributed by atoms with Crippen molar-refractivity contribution in [2.75, 3.05) is 13.4 Å². The van der Waals surface area contributed by atoms with E-state index in [1.165, 1.54) is 17.2 Å². The molecule has 0 aromatic heterocycles. The van der Waals surface area contributed by atoms with E-state index in [1.807, 2.05) is 0 Å². The normalized spacial score (nSPS) is 31.8. The lowest BCUT2D eigenvalue weighted by Gasteiger charge is -2.40. The van der Waals surface area contributed by atoms with E-state index in [4.69, 9.17) is 9.47 Å². The number of hydrogen-bond donors (Lipinski definition) is 1. The van der Waals surface area contributed by atoms with Gasteiger partial charge in [-0.1, -0.05) is 46.0 Å². The van der Waals surface area contributed by atoms with E-state index in [1.54, 1.807) is 0 Å². The summed E-state index contributed by atoms with van der Waals surface area (Å²) in [4.78, 5) is 0. The van der Waals surface area contributed by atoms with Crippen molar-refractivity contribution in [1.82, 2.24) is 0 Å². The van der Waals surface area contributed by atoms with Crippen LogP contribution in [0.2, 0.25) is 25.7 Å². The van der Waals surface area contributed by atoms with Crippen LogP contribution in [-0.4, -0.2) is 38.8 Å². The number of hydrogen-bond acceptors (Lipinski definition) is 3. The van der Waals surface area contributed by atoms with Crippen molar-refractivity contribution in [3.8, 4) is 0 Å². The molecule has 0 aromatic rings. The topological polar surface area (TPSA) is 38.7 Å². The summed E-state index contributed by atoms with van der Waals surface area (Å²) >= 11 is 0. The van der Waals surface area contributed by atoms with Gasteiger partial charge in [-0.05, 0) is 43.2 Å². The first kappa shape index (κ1) is 19.2. The highest BCUT2D eigenvalue weighted by molar-refractivity contribution is 6.76. The van der Waals surface area contributed by atoms with Gasteiger partial charge in [0.25, 0.3) is 0 Å². The number of aliphatic hydroxyl groups is 1. The molecule has 3 nitrogen and oxygen atoms in total. The van der Waals surface area contributed by atoms with E-state index >= 15 is 0 Å². The molecule has 0 bridgehead atoms. The van der Waals surface area contributed by atoms with Crippen molar-refractivity contribution in [1.29, 1.82) is 0 Å². The highest BCUT2D eigenvalue weighted by Crippen LogP contribution is 2.53. The molecule has 1 saturated carbocycles. The maximum absolute atomic E-state index is 10.4. The number of fused-ring (bicyclic) bond motifs is 1. The monoisotopic (exact) mass is 340 g/mol. The van der Waals surface area contributed by atoms with Crippen LogP contribution < -0.4 is 0 Å². The lowest BCUT2D eigenvalue weighted by atomic mass is 9.68. The average molecular weight is 341 g/mol. The summed E-state index contributed by atoms with van der Waals surface area (Å²) in [7, 11) is -1.03. The number of aliphatic hydroxyl groups excluding tert-OH is 1. The first-order valence-corrected chi connectivity index (χ1v) is 13.0. The Morgan fingerprint density at radius 3 is 2.57 bits per heavy atom. The summed E-state index contributed by atoms with van der Waals surface area (Å²) in [5.74, 6) is 0.423. The maximum atomic E-state index is 10.4. The minimum atomic E-state index is -1.03. The fraction of sp³-hybridized carbons (Fsp3) is 0.895. The van der Waals surface area contributed by atoms with Crippen molar-refractivity contribution >= 4 is 8.07 Å². The molecule has 0 amide bonds. The summed E-state index contributed by atoms with van der Waals surface area (Å²) in [5.41, 5.74) is 2.85. The molecular weight excluding hydrogens is 304 g/mol. The van der Waals surface area contributed by atoms with E-state index < -0.39 is 8.07 Å². The fourth-order valence-corrected chi connectivity index (χ4v) is 4.98. The lowest BCUT2D eigenvalue weighted by molar-refractivity contribution is -0.114. The lowest BCUT2D eigenvalue weighted by Crippen LogP contribution is -2.38. The standard InChI is InChI=1S/C19H36O3Si/c1-14(2)18-15-7-8-17(19(15,3)10-9-16(18)20)22-13-21-11-12-23(4,5)6/h14,16-17,20H,7-13H2,1-6H3/t16-,17-,19-/m0/s1. The van der Waals surface area contributed by atoms with Gasteiger partial charge in [0.2, 0.25) is 0 Å². The van der Waals surface area contributed by atoms with E-state index in [9.17, 15) is 5.11 Å². The van der Waals surface area contributed by atoms with Crippen molar-refractivity contribution in [2.45, 2.75) is 84.3 Å². The quantitative estimate of drug-likeness (QED) is 0.319. The molecule has 0 unspecified atom stereocenters. The molecule has 0 aromatic carbocycles. The van der Waals surface area contributed by atoms with Crippen molar-refractivity contribution in [2.24, 2.45) is 11.3 Å². The average Bonchev–Trinajstić information content (AvgIpc) is 2.74. The Labute approximate surface area is 143 Å². The van der Waals surface area contributed by atoms with Gasteiger partial charge < -0.3 is 14.6 Å². The highest BCUT2D eigenvalue weighted by atomic mass is 28.3. The predicted molar refractivity (Wildman–Crippen MR) is 98.3 cm³/mol. The molecule has 0 aliphatic heterocycles. The second kappa shape index (κ2) is 7.38. The van der Waals surface area contributed by atoms with Gasteiger partial charge >= 0.3 is 0 Å². The van der Waals surface area contributed by atoms with Gasteiger partial charge in [0.15, 0.2) is 0 Å². The zero-order chi connectivity index (χ0) is 17.3. The third-order valence-electron chi connectivity index (χ3n) is 5.67.